The van der Waals surface area contributed by atoms with Gasteiger partial charge in [-0.3, -0.25) is 4.79 Å². The Morgan fingerprint density at radius 2 is 2.27 bits per heavy atom. The van der Waals surface area contributed by atoms with E-state index in [0.29, 0.717) is 5.56 Å². The third-order valence-corrected chi connectivity index (χ3v) is 1.29. The third kappa shape index (κ3) is 1.94. The van der Waals surface area contributed by atoms with E-state index in [4.69, 9.17) is 0 Å². The first kappa shape index (κ1) is 7.56. The van der Waals surface area contributed by atoms with Crippen molar-refractivity contribution in [2.75, 3.05) is 0 Å². The minimum Gasteiger partial charge on any atom is -0.298 e. The van der Waals surface area contributed by atoms with Crippen LogP contribution in [0.2, 0.25) is 0 Å². The molecule has 0 amide bonds. The van der Waals surface area contributed by atoms with E-state index in [1.807, 2.05) is 12.1 Å². The van der Waals surface area contributed by atoms with E-state index in [-0.39, 0.29) is 0 Å². The van der Waals surface area contributed by atoms with Crippen LogP contribution < -0.4 is 0 Å². The van der Waals surface area contributed by atoms with E-state index in [9.17, 15) is 4.79 Å². The second-order valence-electron chi connectivity index (χ2n) is 2.12. The molecule has 0 radical (unpaired) electrons. The Balaban J connectivity index is 3.06. The molecule has 11 heavy (non-hydrogen) atoms. The number of hydrogen-bond donors (Lipinski definition) is 0. The molecule has 0 spiro atoms. The molecule has 1 aromatic rings. The monoisotopic (exact) mass is 144 g/mol. The van der Waals surface area contributed by atoms with Gasteiger partial charge < -0.3 is 0 Å². The first-order valence-electron chi connectivity index (χ1n) is 3.35. The number of benzene rings is 1. The van der Waals surface area contributed by atoms with Crippen LogP contribution >= 0.6 is 0 Å². The van der Waals surface area contributed by atoms with Gasteiger partial charge in [0, 0.05) is 11.1 Å². The summed E-state index contributed by atoms with van der Waals surface area (Å²) in [6.45, 7) is 1.77. The Hall–Kier alpha value is -1.55. The number of rotatable bonds is 1. The average molecular weight is 144 g/mol. The summed E-state index contributed by atoms with van der Waals surface area (Å²) in [6.07, 6.45) is 0.820. The Morgan fingerprint density at radius 1 is 1.45 bits per heavy atom. The van der Waals surface area contributed by atoms with E-state index in [2.05, 4.69) is 11.8 Å². The maximum Gasteiger partial charge on any atom is 0.150 e. The third-order valence-electron chi connectivity index (χ3n) is 1.29. The fourth-order valence-electron chi connectivity index (χ4n) is 0.834. The van der Waals surface area contributed by atoms with E-state index in [1.54, 1.807) is 19.1 Å². The van der Waals surface area contributed by atoms with Gasteiger partial charge >= 0.3 is 0 Å². The Kier molecular flexibility index (Phi) is 2.46. The van der Waals surface area contributed by atoms with Crippen LogP contribution in [0, 0.1) is 11.8 Å². The molecule has 0 N–H and O–H groups in total. The second kappa shape index (κ2) is 3.58. The molecule has 0 saturated carbocycles. The number of carbonyl (C=O) groups excluding carboxylic acids is 1. The van der Waals surface area contributed by atoms with Gasteiger partial charge in [-0.25, -0.2) is 0 Å². The van der Waals surface area contributed by atoms with Gasteiger partial charge in [0.05, 0.1) is 0 Å². The van der Waals surface area contributed by atoms with Crippen LogP contribution in [0.4, 0.5) is 0 Å². The predicted molar refractivity (Wildman–Crippen MR) is 44.4 cm³/mol. The van der Waals surface area contributed by atoms with Crippen molar-refractivity contribution in [3.8, 4) is 11.8 Å². The lowest BCUT2D eigenvalue weighted by atomic mass is 10.1. The summed E-state index contributed by atoms with van der Waals surface area (Å²) in [5.41, 5.74) is 1.56. The fourth-order valence-corrected chi connectivity index (χ4v) is 0.834. The van der Waals surface area contributed by atoms with Crippen molar-refractivity contribution >= 4 is 6.29 Å². The second-order valence-corrected chi connectivity index (χ2v) is 2.12. The van der Waals surface area contributed by atoms with Crippen LogP contribution in [0.1, 0.15) is 22.8 Å². The van der Waals surface area contributed by atoms with Gasteiger partial charge in [0.2, 0.25) is 0 Å². The highest BCUT2D eigenvalue weighted by Crippen LogP contribution is 2.00. The Bertz CT molecular complexity index is 315. The zero-order valence-corrected chi connectivity index (χ0v) is 6.29. The summed E-state index contributed by atoms with van der Waals surface area (Å²) in [7, 11) is 0. The SMILES string of the molecule is CC#Cc1cccc(C=O)c1. The standard InChI is InChI=1S/C10H8O/c1-2-4-9-5-3-6-10(7-9)8-11/h3,5-8H,1H3. The zero-order chi connectivity index (χ0) is 8.10. The molecule has 0 aliphatic carbocycles. The summed E-state index contributed by atoms with van der Waals surface area (Å²) in [5.74, 6) is 5.64. The first-order chi connectivity index (χ1) is 5.36. The fraction of sp³-hybridized carbons (Fsp3) is 0.100. The highest BCUT2D eigenvalue weighted by molar-refractivity contribution is 5.75. The Morgan fingerprint density at radius 3 is 2.91 bits per heavy atom. The van der Waals surface area contributed by atoms with E-state index < -0.39 is 0 Å². The molecular formula is C10H8O. The molecule has 0 unspecified atom stereocenters. The van der Waals surface area contributed by atoms with Gasteiger partial charge in [0.1, 0.15) is 6.29 Å². The van der Waals surface area contributed by atoms with Gasteiger partial charge in [0.25, 0.3) is 0 Å². The van der Waals surface area contributed by atoms with Crippen LogP contribution in [0.5, 0.6) is 0 Å². The molecule has 0 saturated heterocycles. The first-order valence-corrected chi connectivity index (χ1v) is 3.35. The van der Waals surface area contributed by atoms with Gasteiger partial charge in [-0.15, -0.1) is 5.92 Å². The molecule has 0 heterocycles. The topological polar surface area (TPSA) is 17.1 Å². The van der Waals surface area contributed by atoms with E-state index in [1.165, 1.54) is 0 Å². The van der Waals surface area contributed by atoms with Gasteiger partial charge in [-0.05, 0) is 19.1 Å². The minimum atomic E-state index is 0.672. The maximum absolute atomic E-state index is 10.3. The van der Waals surface area contributed by atoms with Crippen LogP contribution in [0.3, 0.4) is 0 Å². The van der Waals surface area contributed by atoms with Crippen LogP contribution in [-0.4, -0.2) is 6.29 Å². The predicted octanol–water partition coefficient (Wildman–Crippen LogP) is 1.87. The van der Waals surface area contributed by atoms with Crippen molar-refractivity contribution in [2.45, 2.75) is 6.92 Å². The molecule has 54 valence electrons. The van der Waals surface area contributed by atoms with E-state index in [0.717, 1.165) is 11.8 Å². The number of hydrogen-bond acceptors (Lipinski definition) is 1. The molecule has 0 aliphatic rings. The number of aldehydes is 1. The highest BCUT2D eigenvalue weighted by atomic mass is 16.1. The summed E-state index contributed by atoms with van der Waals surface area (Å²) >= 11 is 0. The molecule has 0 atom stereocenters. The lowest BCUT2D eigenvalue weighted by molar-refractivity contribution is 0.112. The van der Waals surface area contributed by atoms with Gasteiger partial charge in [0.15, 0.2) is 0 Å². The van der Waals surface area contributed by atoms with E-state index >= 15 is 0 Å². The van der Waals surface area contributed by atoms with Crippen molar-refractivity contribution in [2.24, 2.45) is 0 Å². The molecule has 1 heteroatoms. The molecule has 1 nitrogen and oxygen atoms in total. The van der Waals surface area contributed by atoms with Crippen molar-refractivity contribution in [1.29, 1.82) is 0 Å². The molecule has 0 bridgehead atoms. The molecule has 0 fully saturated rings. The van der Waals surface area contributed by atoms with Crippen molar-refractivity contribution < 1.29 is 4.79 Å². The number of carbonyl (C=O) groups is 1. The Labute approximate surface area is 66.1 Å². The van der Waals surface area contributed by atoms with Crippen molar-refractivity contribution in [3.05, 3.63) is 35.4 Å². The molecule has 0 aromatic heterocycles. The zero-order valence-electron chi connectivity index (χ0n) is 6.29. The van der Waals surface area contributed by atoms with Gasteiger partial charge in [-0.1, -0.05) is 18.1 Å². The lowest BCUT2D eigenvalue weighted by Crippen LogP contribution is -1.80. The summed E-state index contributed by atoms with van der Waals surface area (Å²) < 4.78 is 0. The van der Waals surface area contributed by atoms with Crippen LogP contribution in [0.15, 0.2) is 24.3 Å². The highest BCUT2D eigenvalue weighted by Gasteiger charge is 1.89. The largest absolute Gasteiger partial charge is 0.298 e. The molecule has 1 rings (SSSR count). The van der Waals surface area contributed by atoms with Crippen molar-refractivity contribution in [3.63, 3.8) is 0 Å². The molecule has 1 aromatic carbocycles. The van der Waals surface area contributed by atoms with Crippen LogP contribution in [-0.2, 0) is 0 Å². The normalized spacial score (nSPS) is 8.09. The average Bonchev–Trinajstić information content (AvgIpc) is 2.06. The molecule has 0 aliphatic heterocycles. The maximum atomic E-state index is 10.3. The summed E-state index contributed by atoms with van der Waals surface area (Å²) in [4.78, 5) is 10.3. The lowest BCUT2D eigenvalue weighted by Gasteiger charge is -1.90. The van der Waals surface area contributed by atoms with Crippen molar-refractivity contribution in [1.82, 2.24) is 0 Å². The quantitative estimate of drug-likeness (QED) is 0.434. The smallest absolute Gasteiger partial charge is 0.150 e. The van der Waals surface area contributed by atoms with Gasteiger partial charge in [-0.2, -0.15) is 0 Å². The molecular weight excluding hydrogens is 136 g/mol. The summed E-state index contributed by atoms with van der Waals surface area (Å²) in [5, 5.41) is 0. The summed E-state index contributed by atoms with van der Waals surface area (Å²) in [6, 6.07) is 7.23. The van der Waals surface area contributed by atoms with Crippen LogP contribution in [0.25, 0.3) is 0 Å². The minimum absolute atomic E-state index is 0.672.